The Kier molecular flexibility index (Phi) is 3.40. The average Bonchev–Trinajstić information content (AvgIpc) is 2.68. The molecule has 0 bridgehead atoms. The lowest BCUT2D eigenvalue weighted by molar-refractivity contribution is -0.136. The SMILES string of the molecule is O=C(O)Cc1ccc(N2C(=O)c3ccccc3S2(O)O)cc1. The zero-order valence-electron chi connectivity index (χ0n) is 11.3. The standard InChI is InChI=1S/C15H13NO5S/c17-14(18)9-10-5-7-11(8-6-10)16-15(19)12-3-1-2-4-13(12)22(16,20)21/h1-8,20-21H,9H2,(H,17,18). The second kappa shape index (κ2) is 5.13. The number of nitrogens with zero attached hydrogens (tertiary/aromatic N) is 1. The van der Waals surface area contributed by atoms with E-state index in [1.807, 2.05) is 0 Å². The van der Waals surface area contributed by atoms with Crippen LogP contribution < -0.4 is 4.31 Å². The second-order valence-corrected chi connectivity index (χ2v) is 6.69. The number of hydrogen-bond acceptors (Lipinski definition) is 4. The summed E-state index contributed by atoms with van der Waals surface area (Å²) < 4.78 is 21.8. The van der Waals surface area contributed by atoms with Crippen LogP contribution in [0.5, 0.6) is 0 Å². The Morgan fingerprint density at radius 1 is 1.05 bits per heavy atom. The predicted molar refractivity (Wildman–Crippen MR) is 82.1 cm³/mol. The number of carboxylic acids is 1. The van der Waals surface area contributed by atoms with Crippen molar-refractivity contribution in [2.75, 3.05) is 4.31 Å². The maximum atomic E-state index is 12.4. The summed E-state index contributed by atoms with van der Waals surface area (Å²) in [5.41, 5.74) is 1.14. The molecule has 0 saturated carbocycles. The van der Waals surface area contributed by atoms with Gasteiger partial charge in [-0.3, -0.25) is 18.7 Å². The number of anilines is 1. The molecule has 2 aromatic carbocycles. The molecule has 1 amide bonds. The molecule has 0 aliphatic carbocycles. The predicted octanol–water partition coefficient (Wildman–Crippen LogP) is 3.00. The highest BCUT2D eigenvalue weighted by Crippen LogP contribution is 2.59. The van der Waals surface area contributed by atoms with E-state index in [1.54, 1.807) is 30.3 Å². The van der Waals surface area contributed by atoms with Crippen molar-refractivity contribution >= 4 is 28.3 Å². The topological polar surface area (TPSA) is 98.1 Å². The van der Waals surface area contributed by atoms with Crippen molar-refractivity contribution in [1.82, 2.24) is 0 Å². The number of benzene rings is 2. The summed E-state index contributed by atoms with van der Waals surface area (Å²) in [5.74, 6) is -1.44. The number of aliphatic carboxylic acids is 1. The van der Waals surface area contributed by atoms with E-state index in [-0.39, 0.29) is 16.9 Å². The molecule has 0 spiro atoms. The fourth-order valence-electron chi connectivity index (χ4n) is 2.39. The lowest BCUT2D eigenvalue weighted by Crippen LogP contribution is -2.26. The molecule has 2 aromatic rings. The van der Waals surface area contributed by atoms with Gasteiger partial charge in [0.05, 0.1) is 22.6 Å². The minimum atomic E-state index is -3.42. The molecule has 1 heterocycles. The zero-order chi connectivity index (χ0) is 15.9. The van der Waals surface area contributed by atoms with E-state index in [0.717, 1.165) is 4.31 Å². The van der Waals surface area contributed by atoms with Crippen molar-refractivity contribution in [3.8, 4) is 0 Å². The normalized spacial score (nSPS) is 17.2. The lowest BCUT2D eigenvalue weighted by Gasteiger charge is -2.36. The molecule has 6 nitrogen and oxygen atoms in total. The largest absolute Gasteiger partial charge is 0.481 e. The number of fused-ring (bicyclic) bond motifs is 1. The van der Waals surface area contributed by atoms with Gasteiger partial charge in [0.1, 0.15) is 0 Å². The quantitative estimate of drug-likeness (QED) is 0.808. The van der Waals surface area contributed by atoms with Crippen LogP contribution in [0.2, 0.25) is 0 Å². The highest BCUT2D eigenvalue weighted by molar-refractivity contribution is 8.26. The number of carbonyl (C=O) groups is 2. The summed E-state index contributed by atoms with van der Waals surface area (Å²) in [5, 5.41) is 8.75. The summed E-state index contributed by atoms with van der Waals surface area (Å²) in [6.45, 7) is 0. The monoisotopic (exact) mass is 319 g/mol. The lowest BCUT2D eigenvalue weighted by atomic mass is 10.1. The molecular weight excluding hydrogens is 306 g/mol. The van der Waals surface area contributed by atoms with Gasteiger partial charge >= 0.3 is 5.97 Å². The number of carboxylic acid groups (broad SMARTS) is 1. The van der Waals surface area contributed by atoms with Gasteiger partial charge in [-0.25, -0.2) is 0 Å². The van der Waals surface area contributed by atoms with Crippen LogP contribution in [0.3, 0.4) is 0 Å². The first-order valence-electron chi connectivity index (χ1n) is 6.44. The molecule has 114 valence electrons. The van der Waals surface area contributed by atoms with Crippen LogP contribution in [0.1, 0.15) is 15.9 Å². The minimum absolute atomic E-state index is 0.134. The highest BCUT2D eigenvalue weighted by Gasteiger charge is 2.42. The molecular formula is C15H13NO5S. The van der Waals surface area contributed by atoms with Crippen molar-refractivity contribution in [2.45, 2.75) is 11.3 Å². The van der Waals surface area contributed by atoms with E-state index >= 15 is 0 Å². The Balaban J connectivity index is 1.99. The van der Waals surface area contributed by atoms with Gasteiger partial charge in [-0.05, 0) is 29.8 Å². The van der Waals surface area contributed by atoms with Gasteiger partial charge < -0.3 is 5.11 Å². The van der Waals surface area contributed by atoms with Crippen molar-refractivity contribution in [2.24, 2.45) is 0 Å². The molecule has 0 aromatic heterocycles. The number of carbonyl (C=O) groups excluding carboxylic acids is 1. The van der Waals surface area contributed by atoms with Gasteiger partial charge in [-0.15, -0.1) is 0 Å². The summed E-state index contributed by atoms with van der Waals surface area (Å²) >= 11 is 0. The number of rotatable bonds is 3. The van der Waals surface area contributed by atoms with E-state index in [1.165, 1.54) is 18.2 Å². The first-order chi connectivity index (χ1) is 10.4. The molecule has 3 N–H and O–H groups in total. The van der Waals surface area contributed by atoms with E-state index in [0.29, 0.717) is 11.3 Å². The first-order valence-corrected chi connectivity index (χ1v) is 7.94. The van der Waals surface area contributed by atoms with Gasteiger partial charge in [0.2, 0.25) is 0 Å². The van der Waals surface area contributed by atoms with Crippen LogP contribution in [0, 0.1) is 0 Å². The Morgan fingerprint density at radius 3 is 2.27 bits per heavy atom. The van der Waals surface area contributed by atoms with E-state index in [2.05, 4.69) is 0 Å². The third-order valence-corrected chi connectivity index (χ3v) is 5.21. The Morgan fingerprint density at radius 2 is 1.68 bits per heavy atom. The Hall–Kier alpha value is -2.35. The van der Waals surface area contributed by atoms with Crippen LogP contribution >= 0.6 is 10.8 Å². The smallest absolute Gasteiger partial charge is 0.307 e. The van der Waals surface area contributed by atoms with Crippen molar-refractivity contribution < 1.29 is 23.8 Å². The second-order valence-electron chi connectivity index (χ2n) is 4.85. The van der Waals surface area contributed by atoms with Crippen LogP contribution in [-0.2, 0) is 11.2 Å². The van der Waals surface area contributed by atoms with E-state index in [4.69, 9.17) is 5.11 Å². The van der Waals surface area contributed by atoms with Gasteiger partial charge in [-0.1, -0.05) is 35.0 Å². The summed E-state index contributed by atoms with van der Waals surface area (Å²) in [7, 11) is -3.42. The van der Waals surface area contributed by atoms with Gasteiger partial charge in [0, 0.05) is 0 Å². The van der Waals surface area contributed by atoms with Crippen molar-refractivity contribution in [3.05, 3.63) is 59.7 Å². The van der Waals surface area contributed by atoms with Crippen LogP contribution in [0.15, 0.2) is 53.4 Å². The fraction of sp³-hybridized carbons (Fsp3) is 0.0667. The molecule has 1 aliphatic heterocycles. The Labute approximate surface area is 128 Å². The summed E-state index contributed by atoms with van der Waals surface area (Å²) in [6.07, 6.45) is -0.134. The van der Waals surface area contributed by atoms with Crippen LogP contribution in [0.25, 0.3) is 0 Å². The van der Waals surface area contributed by atoms with Gasteiger partial charge in [0.25, 0.3) is 5.91 Å². The molecule has 0 atom stereocenters. The fourth-order valence-corrected chi connectivity index (χ4v) is 4.05. The first kappa shape index (κ1) is 14.6. The van der Waals surface area contributed by atoms with Gasteiger partial charge in [-0.2, -0.15) is 4.31 Å². The average molecular weight is 319 g/mol. The molecule has 3 rings (SSSR count). The van der Waals surface area contributed by atoms with Crippen LogP contribution in [0.4, 0.5) is 5.69 Å². The minimum Gasteiger partial charge on any atom is -0.481 e. The van der Waals surface area contributed by atoms with Gasteiger partial charge in [0.15, 0.2) is 0 Å². The number of amides is 1. The molecule has 0 saturated heterocycles. The summed E-state index contributed by atoms with van der Waals surface area (Å²) in [4.78, 5) is 23.3. The third kappa shape index (κ3) is 2.25. The molecule has 22 heavy (non-hydrogen) atoms. The third-order valence-electron chi connectivity index (χ3n) is 3.38. The maximum Gasteiger partial charge on any atom is 0.307 e. The Bertz CT molecular complexity index is 757. The summed E-state index contributed by atoms with van der Waals surface area (Å²) in [6, 6.07) is 12.5. The molecule has 0 unspecified atom stereocenters. The van der Waals surface area contributed by atoms with Crippen molar-refractivity contribution in [1.29, 1.82) is 0 Å². The van der Waals surface area contributed by atoms with E-state index < -0.39 is 22.7 Å². The molecule has 0 fully saturated rings. The van der Waals surface area contributed by atoms with Crippen LogP contribution in [-0.4, -0.2) is 26.1 Å². The maximum absolute atomic E-state index is 12.4. The molecule has 7 heteroatoms. The molecule has 0 radical (unpaired) electrons. The molecule has 1 aliphatic rings. The zero-order valence-corrected chi connectivity index (χ0v) is 12.2. The van der Waals surface area contributed by atoms with E-state index in [9.17, 15) is 18.7 Å². The van der Waals surface area contributed by atoms with Crippen molar-refractivity contribution in [3.63, 3.8) is 0 Å². The number of hydrogen-bond donors (Lipinski definition) is 3. The highest BCUT2D eigenvalue weighted by atomic mass is 32.3.